The van der Waals surface area contributed by atoms with E-state index in [0.29, 0.717) is 5.75 Å². The molecule has 0 amide bonds. The van der Waals surface area contributed by atoms with Crippen molar-refractivity contribution in [1.82, 2.24) is 5.01 Å². The highest BCUT2D eigenvalue weighted by molar-refractivity contribution is 8.14. The van der Waals surface area contributed by atoms with Crippen LogP contribution in [0.3, 0.4) is 0 Å². The molecule has 22 heavy (non-hydrogen) atoms. The van der Waals surface area contributed by atoms with Gasteiger partial charge in [0.05, 0.1) is 18.8 Å². The van der Waals surface area contributed by atoms with Crippen LogP contribution in [0, 0.1) is 6.92 Å². The van der Waals surface area contributed by atoms with Crippen molar-refractivity contribution in [2.24, 2.45) is 10.1 Å². The van der Waals surface area contributed by atoms with E-state index in [-0.39, 0.29) is 17.8 Å². The summed E-state index contributed by atoms with van der Waals surface area (Å²) in [6.07, 6.45) is 0. The lowest BCUT2D eigenvalue weighted by Gasteiger charge is -2.25. The van der Waals surface area contributed by atoms with E-state index >= 15 is 0 Å². The number of halogens is 1. The minimum absolute atomic E-state index is 0. The van der Waals surface area contributed by atoms with Gasteiger partial charge in [0, 0.05) is 11.3 Å². The first-order valence-corrected chi connectivity index (χ1v) is 8.21. The number of rotatable bonds is 1. The molecule has 0 unspecified atom stereocenters. The molecular formula is C16H22ClN3OS. The first kappa shape index (κ1) is 17.2. The highest BCUT2D eigenvalue weighted by atomic mass is 35.5. The molecule has 2 heterocycles. The summed E-state index contributed by atoms with van der Waals surface area (Å²) in [6.45, 7) is 10.0. The van der Waals surface area contributed by atoms with Crippen molar-refractivity contribution in [3.63, 3.8) is 0 Å². The van der Waals surface area contributed by atoms with Gasteiger partial charge in [0.25, 0.3) is 0 Å². The summed E-state index contributed by atoms with van der Waals surface area (Å²) in [6, 6.07) is 4.11. The van der Waals surface area contributed by atoms with Gasteiger partial charge < -0.3 is 5.11 Å². The van der Waals surface area contributed by atoms with Gasteiger partial charge in [-0.1, -0.05) is 32.5 Å². The molecule has 0 bridgehead atoms. The summed E-state index contributed by atoms with van der Waals surface area (Å²) >= 11 is 1.74. The average molecular weight is 340 g/mol. The van der Waals surface area contributed by atoms with Crippen molar-refractivity contribution >= 4 is 35.0 Å². The minimum Gasteiger partial charge on any atom is -0.507 e. The summed E-state index contributed by atoms with van der Waals surface area (Å²) in [5, 5.41) is 18.1. The molecule has 120 valence electrons. The lowest BCUT2D eigenvalue weighted by molar-refractivity contribution is 0.443. The smallest absolute Gasteiger partial charge is 0.180 e. The molecule has 1 aromatic rings. The summed E-state index contributed by atoms with van der Waals surface area (Å²) in [4.78, 5) is 4.43. The molecule has 1 N–H and O–H groups in total. The number of phenolic OH excluding ortho intramolecular Hbond substituents is 1. The monoisotopic (exact) mass is 339 g/mol. The predicted octanol–water partition coefficient (Wildman–Crippen LogP) is 3.54. The fourth-order valence-electron chi connectivity index (χ4n) is 2.60. The van der Waals surface area contributed by atoms with Crippen LogP contribution in [0.4, 0.5) is 0 Å². The first-order valence-electron chi connectivity index (χ1n) is 7.23. The molecule has 2 aliphatic heterocycles. The maximum absolute atomic E-state index is 10.3. The number of thioether (sulfide) groups is 1. The third-order valence-corrected chi connectivity index (χ3v) is 4.82. The fourth-order valence-corrected chi connectivity index (χ4v) is 3.55. The molecule has 0 radical (unpaired) electrons. The highest BCUT2D eigenvalue weighted by Gasteiger charge is 2.26. The van der Waals surface area contributed by atoms with E-state index in [4.69, 9.17) is 5.10 Å². The maximum atomic E-state index is 10.3. The van der Waals surface area contributed by atoms with Crippen molar-refractivity contribution in [2.45, 2.75) is 33.1 Å². The molecule has 1 aromatic carbocycles. The number of nitrogens with zero attached hydrogens (tertiary/aromatic N) is 3. The third-order valence-electron chi connectivity index (χ3n) is 3.80. The van der Waals surface area contributed by atoms with Gasteiger partial charge in [0.15, 0.2) is 5.17 Å². The largest absolute Gasteiger partial charge is 0.507 e. The van der Waals surface area contributed by atoms with Crippen LogP contribution < -0.4 is 0 Å². The molecule has 3 rings (SSSR count). The Morgan fingerprint density at radius 3 is 2.68 bits per heavy atom. The van der Waals surface area contributed by atoms with E-state index in [0.717, 1.165) is 46.4 Å². The van der Waals surface area contributed by atoms with E-state index < -0.39 is 0 Å². The van der Waals surface area contributed by atoms with Crippen LogP contribution in [0.5, 0.6) is 5.75 Å². The Bertz CT molecular complexity index is 650. The molecule has 0 spiro atoms. The van der Waals surface area contributed by atoms with Crippen LogP contribution in [0.15, 0.2) is 22.2 Å². The molecular weight excluding hydrogens is 318 g/mol. The van der Waals surface area contributed by atoms with Crippen molar-refractivity contribution in [3.05, 3.63) is 28.8 Å². The Hall–Kier alpha value is -1.20. The van der Waals surface area contributed by atoms with Crippen molar-refractivity contribution in [1.29, 1.82) is 0 Å². The van der Waals surface area contributed by atoms with Crippen LogP contribution in [0.25, 0.3) is 0 Å². The lowest BCUT2D eigenvalue weighted by Crippen LogP contribution is -2.28. The topological polar surface area (TPSA) is 48.2 Å². The number of aromatic hydroxyl groups is 1. The Morgan fingerprint density at radius 1 is 1.27 bits per heavy atom. The van der Waals surface area contributed by atoms with Gasteiger partial charge in [-0.3, -0.25) is 4.99 Å². The van der Waals surface area contributed by atoms with Crippen molar-refractivity contribution in [2.75, 3.05) is 18.8 Å². The summed E-state index contributed by atoms with van der Waals surface area (Å²) in [7, 11) is 0. The Morgan fingerprint density at radius 2 is 2.00 bits per heavy atom. The van der Waals surface area contributed by atoms with E-state index in [1.807, 2.05) is 18.0 Å². The zero-order valence-corrected chi connectivity index (χ0v) is 15.0. The normalized spacial score (nSPS) is 17.5. The van der Waals surface area contributed by atoms with Crippen LogP contribution in [-0.2, 0) is 5.41 Å². The number of aliphatic imine (C=N–C) groups is 1. The highest BCUT2D eigenvalue weighted by Crippen LogP contribution is 2.35. The van der Waals surface area contributed by atoms with Gasteiger partial charge in [-0.15, -0.1) is 12.4 Å². The number of amidine groups is 1. The number of hydrogen-bond acceptors (Lipinski definition) is 5. The SMILES string of the molecule is Cc1cc(C2=NN3CCN=C3SC2)cc(C(C)(C)C)c1O.Cl. The zero-order chi connectivity index (χ0) is 15.2. The number of phenols is 1. The summed E-state index contributed by atoms with van der Waals surface area (Å²) in [5.74, 6) is 1.24. The molecule has 0 atom stereocenters. The Balaban J connectivity index is 0.00000176. The van der Waals surface area contributed by atoms with Crippen LogP contribution >= 0.6 is 24.2 Å². The second kappa shape index (κ2) is 6.13. The fraction of sp³-hybridized carbons (Fsp3) is 0.500. The second-order valence-electron chi connectivity index (χ2n) is 6.56. The molecule has 6 heteroatoms. The number of hydrazone groups is 1. The minimum atomic E-state index is -0.0898. The number of aryl methyl sites for hydroxylation is 1. The van der Waals surface area contributed by atoms with Gasteiger partial charge in [-0.05, 0) is 35.6 Å². The predicted molar refractivity (Wildman–Crippen MR) is 96.8 cm³/mol. The van der Waals surface area contributed by atoms with Gasteiger partial charge in [-0.2, -0.15) is 5.10 Å². The lowest BCUT2D eigenvalue weighted by atomic mass is 9.83. The third kappa shape index (κ3) is 3.10. The van der Waals surface area contributed by atoms with E-state index in [1.54, 1.807) is 11.8 Å². The van der Waals surface area contributed by atoms with Crippen LogP contribution in [-0.4, -0.2) is 39.8 Å². The standard InChI is InChI=1S/C16H21N3OS.ClH/c1-10-7-11(8-12(14(10)20)16(2,3)4)13-9-21-15-17-5-6-19(15)18-13;/h7-8,20H,5-6,9H2,1-4H3;1H. The summed E-state index contributed by atoms with van der Waals surface area (Å²) < 4.78 is 0. The molecule has 0 aromatic heterocycles. The van der Waals surface area contributed by atoms with Crippen molar-refractivity contribution in [3.8, 4) is 5.75 Å². The molecule has 0 fully saturated rings. The average Bonchev–Trinajstić information content (AvgIpc) is 2.87. The second-order valence-corrected chi connectivity index (χ2v) is 7.50. The molecule has 4 nitrogen and oxygen atoms in total. The van der Waals surface area contributed by atoms with Crippen LogP contribution in [0.2, 0.25) is 0 Å². The molecule has 0 aliphatic carbocycles. The van der Waals surface area contributed by atoms with E-state index in [2.05, 4.69) is 31.8 Å². The maximum Gasteiger partial charge on any atom is 0.180 e. The van der Waals surface area contributed by atoms with Gasteiger partial charge in [0.2, 0.25) is 0 Å². The molecule has 2 aliphatic rings. The zero-order valence-electron chi connectivity index (χ0n) is 13.4. The van der Waals surface area contributed by atoms with E-state index in [9.17, 15) is 5.11 Å². The summed E-state index contributed by atoms with van der Waals surface area (Å²) in [5.41, 5.74) is 3.97. The first-order chi connectivity index (χ1) is 9.86. The van der Waals surface area contributed by atoms with Gasteiger partial charge >= 0.3 is 0 Å². The Kier molecular flexibility index (Phi) is 4.78. The van der Waals surface area contributed by atoms with Gasteiger partial charge in [-0.25, -0.2) is 5.01 Å². The molecule has 0 saturated carbocycles. The number of fused-ring (bicyclic) bond motifs is 1. The Labute approximate surface area is 142 Å². The van der Waals surface area contributed by atoms with E-state index in [1.165, 1.54) is 0 Å². The molecule has 0 saturated heterocycles. The quantitative estimate of drug-likeness (QED) is 0.851. The van der Waals surface area contributed by atoms with Gasteiger partial charge in [0.1, 0.15) is 5.75 Å². The number of benzene rings is 1. The number of hydrogen-bond donors (Lipinski definition) is 1. The van der Waals surface area contributed by atoms with Crippen LogP contribution in [0.1, 0.15) is 37.5 Å². The van der Waals surface area contributed by atoms with Crippen molar-refractivity contribution < 1.29 is 5.11 Å².